The quantitative estimate of drug-likeness (QED) is 0.593. The van der Waals surface area contributed by atoms with Crippen molar-refractivity contribution >= 4 is 0 Å². The van der Waals surface area contributed by atoms with E-state index in [2.05, 4.69) is 37.1 Å². The molecule has 0 aromatic heterocycles. The molecule has 0 aromatic carbocycles. The van der Waals surface area contributed by atoms with Crippen molar-refractivity contribution < 1.29 is 0 Å². The first-order valence-electron chi connectivity index (χ1n) is 8.61. The molecule has 3 nitrogen and oxygen atoms in total. The topological polar surface area (TPSA) is 39.1 Å². The van der Waals surface area contributed by atoms with E-state index in [9.17, 15) is 5.26 Å². The van der Waals surface area contributed by atoms with Crippen LogP contribution in [0.1, 0.15) is 65.7 Å². The molecule has 1 saturated carbocycles. The minimum Gasteiger partial charge on any atom is -0.300 e. The van der Waals surface area contributed by atoms with Crippen LogP contribution in [-0.4, -0.2) is 36.6 Å². The van der Waals surface area contributed by atoms with E-state index in [1.165, 1.54) is 38.5 Å². The van der Waals surface area contributed by atoms with Gasteiger partial charge in [0.25, 0.3) is 0 Å². The van der Waals surface area contributed by atoms with Crippen molar-refractivity contribution in [2.75, 3.05) is 26.2 Å². The molecular weight excluding hydrogens is 246 g/mol. The van der Waals surface area contributed by atoms with Gasteiger partial charge in [0.2, 0.25) is 0 Å². The fraction of sp³-hybridized carbons (Fsp3) is 0.941. The third-order valence-electron chi connectivity index (χ3n) is 4.29. The molecule has 0 bridgehead atoms. The second kappa shape index (κ2) is 9.37. The normalized spacial score (nSPS) is 17.9. The van der Waals surface area contributed by atoms with Gasteiger partial charge in [0.1, 0.15) is 5.54 Å². The number of rotatable bonds is 12. The Kier molecular flexibility index (Phi) is 8.18. The van der Waals surface area contributed by atoms with Crippen LogP contribution in [0.2, 0.25) is 0 Å². The van der Waals surface area contributed by atoms with E-state index < -0.39 is 0 Å². The highest BCUT2D eigenvalue weighted by Gasteiger charge is 2.46. The molecule has 1 atom stereocenters. The lowest BCUT2D eigenvalue weighted by Gasteiger charge is -2.34. The third kappa shape index (κ3) is 5.42. The van der Waals surface area contributed by atoms with Gasteiger partial charge in [0.05, 0.1) is 6.07 Å². The monoisotopic (exact) mass is 279 g/mol. The average molecular weight is 279 g/mol. The molecule has 0 radical (unpaired) electrons. The Balaban J connectivity index is 2.64. The minimum absolute atomic E-state index is 0.294. The SMILES string of the molecule is CCCCN(CCCC)CC(C#N)(NCCC)C1CC1. The van der Waals surface area contributed by atoms with Gasteiger partial charge in [0, 0.05) is 6.54 Å². The molecule has 1 aliphatic carbocycles. The van der Waals surface area contributed by atoms with E-state index in [1.807, 2.05) is 0 Å². The number of hydrogen-bond acceptors (Lipinski definition) is 3. The highest BCUT2D eigenvalue weighted by Crippen LogP contribution is 2.40. The number of hydrogen-bond donors (Lipinski definition) is 1. The summed E-state index contributed by atoms with van der Waals surface area (Å²) in [7, 11) is 0. The van der Waals surface area contributed by atoms with E-state index >= 15 is 0 Å². The van der Waals surface area contributed by atoms with E-state index in [-0.39, 0.29) is 5.54 Å². The van der Waals surface area contributed by atoms with Crippen molar-refractivity contribution in [3.8, 4) is 6.07 Å². The molecule has 0 aliphatic heterocycles. The number of unbranched alkanes of at least 4 members (excludes halogenated alkanes) is 2. The van der Waals surface area contributed by atoms with Crippen molar-refractivity contribution in [1.82, 2.24) is 10.2 Å². The molecule has 0 amide bonds. The Morgan fingerprint density at radius 1 is 1.10 bits per heavy atom. The second-order valence-corrected chi connectivity index (χ2v) is 6.27. The van der Waals surface area contributed by atoms with Crippen LogP contribution in [0.5, 0.6) is 0 Å². The summed E-state index contributed by atoms with van der Waals surface area (Å²) in [4.78, 5) is 2.53. The first-order valence-corrected chi connectivity index (χ1v) is 8.61. The standard InChI is InChI=1S/C17H33N3/c1-4-7-12-20(13-8-5-2)15-17(14-18,16-9-10-16)19-11-6-3/h16,19H,4-13,15H2,1-3H3. The van der Waals surface area contributed by atoms with E-state index in [4.69, 9.17) is 0 Å². The van der Waals surface area contributed by atoms with Crippen molar-refractivity contribution in [2.45, 2.75) is 71.3 Å². The van der Waals surface area contributed by atoms with E-state index in [0.29, 0.717) is 5.92 Å². The van der Waals surface area contributed by atoms with Gasteiger partial charge in [-0.1, -0.05) is 33.6 Å². The van der Waals surface area contributed by atoms with Gasteiger partial charge in [-0.05, 0) is 57.7 Å². The van der Waals surface area contributed by atoms with E-state index in [1.54, 1.807) is 0 Å². The molecule has 1 aliphatic rings. The van der Waals surface area contributed by atoms with Gasteiger partial charge in [-0.25, -0.2) is 0 Å². The summed E-state index contributed by atoms with van der Waals surface area (Å²) in [6.45, 7) is 10.8. The van der Waals surface area contributed by atoms with Gasteiger partial charge in [-0.15, -0.1) is 0 Å². The number of nitriles is 1. The van der Waals surface area contributed by atoms with Crippen molar-refractivity contribution in [3.63, 3.8) is 0 Å². The van der Waals surface area contributed by atoms with E-state index in [0.717, 1.165) is 32.6 Å². The molecule has 1 N–H and O–H groups in total. The molecule has 0 heterocycles. The molecular formula is C17H33N3. The molecule has 1 fully saturated rings. The van der Waals surface area contributed by atoms with Crippen molar-refractivity contribution in [3.05, 3.63) is 0 Å². The van der Waals surface area contributed by atoms with Gasteiger partial charge in [-0.3, -0.25) is 5.32 Å². The third-order valence-corrected chi connectivity index (χ3v) is 4.29. The highest BCUT2D eigenvalue weighted by atomic mass is 15.2. The van der Waals surface area contributed by atoms with Crippen LogP contribution in [-0.2, 0) is 0 Å². The lowest BCUT2D eigenvalue weighted by atomic mass is 9.93. The summed E-state index contributed by atoms with van der Waals surface area (Å²) >= 11 is 0. The molecule has 0 aromatic rings. The molecule has 1 rings (SSSR count). The average Bonchev–Trinajstić information content (AvgIpc) is 3.31. The highest BCUT2D eigenvalue weighted by molar-refractivity contribution is 5.16. The molecule has 20 heavy (non-hydrogen) atoms. The number of nitrogens with one attached hydrogen (secondary N) is 1. The Bertz CT molecular complexity index is 285. The predicted molar refractivity (Wildman–Crippen MR) is 85.6 cm³/mol. The van der Waals surface area contributed by atoms with Gasteiger partial charge in [-0.2, -0.15) is 5.26 Å². The van der Waals surface area contributed by atoms with Gasteiger partial charge in [0.15, 0.2) is 0 Å². The lowest BCUT2D eigenvalue weighted by Crippen LogP contribution is -2.55. The first kappa shape index (κ1) is 17.5. The Morgan fingerprint density at radius 3 is 2.10 bits per heavy atom. The number of nitrogens with zero attached hydrogens (tertiary/aromatic N) is 2. The summed E-state index contributed by atoms with van der Waals surface area (Å²) in [6.07, 6.45) is 8.48. The summed E-state index contributed by atoms with van der Waals surface area (Å²) in [5.41, 5.74) is -0.294. The lowest BCUT2D eigenvalue weighted by molar-refractivity contribution is 0.191. The predicted octanol–water partition coefficient (Wildman–Crippen LogP) is 3.56. The molecule has 0 spiro atoms. The molecule has 3 heteroatoms. The second-order valence-electron chi connectivity index (χ2n) is 6.27. The zero-order valence-corrected chi connectivity index (χ0v) is 13.7. The van der Waals surface area contributed by atoms with Crippen LogP contribution < -0.4 is 5.32 Å². The maximum Gasteiger partial charge on any atom is 0.122 e. The van der Waals surface area contributed by atoms with Crippen molar-refractivity contribution in [1.29, 1.82) is 5.26 Å². The summed E-state index contributed by atoms with van der Waals surface area (Å²) in [6, 6.07) is 2.64. The van der Waals surface area contributed by atoms with Crippen LogP contribution in [0.15, 0.2) is 0 Å². The summed E-state index contributed by atoms with van der Waals surface area (Å²) in [5.74, 6) is 0.574. The smallest absolute Gasteiger partial charge is 0.122 e. The summed E-state index contributed by atoms with van der Waals surface area (Å²) < 4.78 is 0. The van der Waals surface area contributed by atoms with Crippen molar-refractivity contribution in [2.24, 2.45) is 5.92 Å². The fourth-order valence-corrected chi connectivity index (χ4v) is 2.81. The zero-order chi connectivity index (χ0) is 14.8. The molecule has 116 valence electrons. The van der Waals surface area contributed by atoms with Crippen LogP contribution in [0.4, 0.5) is 0 Å². The fourth-order valence-electron chi connectivity index (χ4n) is 2.81. The first-order chi connectivity index (χ1) is 9.72. The largest absolute Gasteiger partial charge is 0.300 e. The van der Waals surface area contributed by atoms with Crippen LogP contribution >= 0.6 is 0 Å². The molecule has 1 unspecified atom stereocenters. The van der Waals surface area contributed by atoms with Crippen LogP contribution in [0.3, 0.4) is 0 Å². The minimum atomic E-state index is -0.294. The van der Waals surface area contributed by atoms with Crippen LogP contribution in [0.25, 0.3) is 0 Å². The Labute approximate surface area is 125 Å². The summed E-state index contributed by atoms with van der Waals surface area (Å²) in [5, 5.41) is 13.3. The van der Waals surface area contributed by atoms with Gasteiger partial charge >= 0.3 is 0 Å². The maximum absolute atomic E-state index is 9.77. The Hall–Kier alpha value is -0.590. The molecule has 0 saturated heterocycles. The van der Waals surface area contributed by atoms with Crippen LogP contribution in [0, 0.1) is 17.2 Å². The zero-order valence-electron chi connectivity index (χ0n) is 13.7. The maximum atomic E-state index is 9.77. The Morgan fingerprint density at radius 2 is 1.70 bits per heavy atom. The van der Waals surface area contributed by atoms with Gasteiger partial charge < -0.3 is 4.90 Å².